The minimum atomic E-state index is -0.341. The fraction of sp³-hybridized carbons (Fsp3) is 0.429. The van der Waals surface area contributed by atoms with Crippen LogP contribution < -0.4 is 4.74 Å². The molecule has 0 spiro atoms. The van der Waals surface area contributed by atoms with Gasteiger partial charge in [0.25, 0.3) is 23.6 Å². The first-order valence-electron chi connectivity index (χ1n) is 12.8. The minimum Gasteiger partial charge on any atom is -0.456 e. The highest BCUT2D eigenvalue weighted by atomic mass is 16.5. The van der Waals surface area contributed by atoms with Crippen molar-refractivity contribution in [1.29, 1.82) is 0 Å². The Labute approximate surface area is 204 Å². The summed E-state index contributed by atoms with van der Waals surface area (Å²) in [7, 11) is 0. The summed E-state index contributed by atoms with van der Waals surface area (Å²) in [6.07, 6.45) is 9.55. The van der Waals surface area contributed by atoms with E-state index in [-0.39, 0.29) is 58.3 Å². The lowest BCUT2D eigenvalue weighted by molar-refractivity contribution is 0.0533. The molecule has 6 rings (SSSR count). The number of hydrogen-bond donors (Lipinski definition) is 0. The molecule has 7 heteroatoms. The number of fused-ring (bicyclic) bond motifs is 2. The van der Waals surface area contributed by atoms with Crippen LogP contribution in [0, 0.1) is 0 Å². The summed E-state index contributed by atoms with van der Waals surface area (Å²) in [5.74, 6) is -0.767. The van der Waals surface area contributed by atoms with Crippen molar-refractivity contribution >= 4 is 23.6 Å². The summed E-state index contributed by atoms with van der Waals surface area (Å²) < 4.78 is 6.17. The molecular weight excluding hydrogens is 444 g/mol. The summed E-state index contributed by atoms with van der Waals surface area (Å²) in [6, 6.07) is 9.80. The quantitative estimate of drug-likeness (QED) is 0.561. The number of carbonyl (C=O) groups excluding carboxylic acids is 4. The molecule has 2 aromatic rings. The average Bonchev–Trinajstić information content (AvgIpc) is 3.30. The third-order valence-corrected chi connectivity index (χ3v) is 7.92. The van der Waals surface area contributed by atoms with E-state index in [1.807, 2.05) is 0 Å². The maximum absolute atomic E-state index is 13.4. The molecule has 0 bridgehead atoms. The number of benzene rings is 2. The number of carbonyl (C=O) groups is 4. The number of nitrogens with zero attached hydrogens (tertiary/aromatic N) is 2. The molecule has 2 aliphatic carbocycles. The maximum atomic E-state index is 13.4. The molecule has 35 heavy (non-hydrogen) atoms. The Bertz CT molecular complexity index is 1140. The number of rotatable bonds is 4. The van der Waals surface area contributed by atoms with E-state index in [9.17, 15) is 19.2 Å². The van der Waals surface area contributed by atoms with Gasteiger partial charge < -0.3 is 4.74 Å². The summed E-state index contributed by atoms with van der Waals surface area (Å²) in [4.78, 5) is 55.9. The average molecular weight is 473 g/mol. The van der Waals surface area contributed by atoms with Crippen LogP contribution in [0.3, 0.4) is 0 Å². The van der Waals surface area contributed by atoms with Gasteiger partial charge >= 0.3 is 0 Å². The molecule has 4 amide bonds. The molecule has 2 saturated carbocycles. The fourth-order valence-corrected chi connectivity index (χ4v) is 6.18. The van der Waals surface area contributed by atoms with E-state index in [2.05, 4.69) is 0 Å². The molecule has 2 heterocycles. The van der Waals surface area contributed by atoms with E-state index in [4.69, 9.17) is 4.74 Å². The molecule has 4 aliphatic rings. The summed E-state index contributed by atoms with van der Waals surface area (Å²) in [6.45, 7) is 0. The molecule has 7 nitrogen and oxygen atoms in total. The van der Waals surface area contributed by atoms with Gasteiger partial charge in [-0.2, -0.15) is 0 Å². The largest absolute Gasteiger partial charge is 0.456 e. The van der Waals surface area contributed by atoms with Crippen molar-refractivity contribution in [2.75, 3.05) is 0 Å². The highest BCUT2D eigenvalue weighted by Gasteiger charge is 2.44. The van der Waals surface area contributed by atoms with E-state index in [1.54, 1.807) is 36.4 Å². The van der Waals surface area contributed by atoms with Gasteiger partial charge in [0.1, 0.15) is 11.5 Å². The fourth-order valence-electron chi connectivity index (χ4n) is 6.18. The normalized spacial score (nSPS) is 21.0. The van der Waals surface area contributed by atoms with E-state index in [0.29, 0.717) is 11.1 Å². The SMILES string of the molecule is O=C1c2cccc(Oc3cccc4c3C(=O)N(C3CCCCC3)C4=O)c2C(=O)N1C1CCCCC1. The van der Waals surface area contributed by atoms with Crippen LogP contribution in [-0.2, 0) is 0 Å². The van der Waals surface area contributed by atoms with E-state index in [1.165, 1.54) is 9.80 Å². The van der Waals surface area contributed by atoms with Crippen molar-refractivity contribution in [2.24, 2.45) is 0 Å². The highest BCUT2D eigenvalue weighted by molar-refractivity contribution is 6.24. The van der Waals surface area contributed by atoms with Crippen molar-refractivity contribution in [3.63, 3.8) is 0 Å². The van der Waals surface area contributed by atoms with Gasteiger partial charge in [-0.15, -0.1) is 0 Å². The van der Waals surface area contributed by atoms with Crippen LogP contribution in [0.25, 0.3) is 0 Å². The molecule has 2 fully saturated rings. The first-order chi connectivity index (χ1) is 17.1. The zero-order valence-electron chi connectivity index (χ0n) is 19.6. The third-order valence-electron chi connectivity index (χ3n) is 7.92. The Kier molecular flexibility index (Phi) is 5.43. The Morgan fingerprint density at radius 2 is 0.943 bits per heavy atom. The van der Waals surface area contributed by atoms with Gasteiger partial charge in [-0.25, -0.2) is 0 Å². The van der Waals surface area contributed by atoms with Crippen molar-refractivity contribution in [2.45, 2.75) is 76.3 Å². The molecule has 0 saturated heterocycles. The first-order valence-corrected chi connectivity index (χ1v) is 12.8. The molecule has 0 unspecified atom stereocenters. The lowest BCUT2D eigenvalue weighted by atomic mass is 9.94. The Balaban J connectivity index is 1.34. The number of ether oxygens (including phenoxy) is 1. The maximum Gasteiger partial charge on any atom is 0.265 e. The molecule has 0 N–H and O–H groups in total. The Morgan fingerprint density at radius 1 is 0.543 bits per heavy atom. The zero-order valence-corrected chi connectivity index (χ0v) is 19.6. The number of hydrogen-bond acceptors (Lipinski definition) is 5. The second-order valence-corrected chi connectivity index (χ2v) is 10.0. The lowest BCUT2D eigenvalue weighted by Crippen LogP contribution is -2.41. The van der Waals surface area contributed by atoms with E-state index in [0.717, 1.165) is 64.2 Å². The molecule has 180 valence electrons. The monoisotopic (exact) mass is 472 g/mol. The topological polar surface area (TPSA) is 84.0 Å². The van der Waals surface area contributed by atoms with E-state index >= 15 is 0 Å². The molecular formula is C28H28N2O5. The van der Waals surface area contributed by atoms with Crippen molar-refractivity contribution < 1.29 is 23.9 Å². The van der Waals surface area contributed by atoms with Gasteiger partial charge in [-0.1, -0.05) is 50.7 Å². The van der Waals surface area contributed by atoms with Gasteiger partial charge in [0.15, 0.2) is 0 Å². The van der Waals surface area contributed by atoms with Gasteiger partial charge in [0.05, 0.1) is 22.3 Å². The molecule has 2 aromatic carbocycles. The molecule has 0 aromatic heterocycles. The zero-order chi connectivity index (χ0) is 24.1. The second kappa shape index (κ2) is 8.63. The van der Waals surface area contributed by atoms with Crippen molar-refractivity contribution in [3.05, 3.63) is 58.7 Å². The Morgan fingerprint density at radius 3 is 1.34 bits per heavy atom. The van der Waals surface area contributed by atoms with Crippen LogP contribution in [0.2, 0.25) is 0 Å². The summed E-state index contributed by atoms with van der Waals surface area (Å²) >= 11 is 0. The Hall–Kier alpha value is -3.48. The van der Waals surface area contributed by atoms with Gasteiger partial charge in [-0.05, 0) is 49.9 Å². The molecule has 2 aliphatic heterocycles. The predicted molar refractivity (Wildman–Crippen MR) is 128 cm³/mol. The summed E-state index contributed by atoms with van der Waals surface area (Å²) in [5.41, 5.74) is 1.14. The van der Waals surface area contributed by atoms with Gasteiger partial charge in [-0.3, -0.25) is 29.0 Å². The van der Waals surface area contributed by atoms with Crippen LogP contribution >= 0.6 is 0 Å². The first kappa shape index (κ1) is 22.0. The second-order valence-electron chi connectivity index (χ2n) is 10.0. The number of imide groups is 2. The minimum absolute atomic E-state index is 0.0896. The molecule has 0 atom stereocenters. The predicted octanol–water partition coefficient (Wildman–Crippen LogP) is 5.34. The van der Waals surface area contributed by atoms with Crippen LogP contribution in [-0.4, -0.2) is 45.5 Å². The lowest BCUT2D eigenvalue weighted by Gasteiger charge is -2.29. The van der Waals surface area contributed by atoms with Gasteiger partial charge in [0, 0.05) is 12.1 Å². The number of amides is 4. The smallest absolute Gasteiger partial charge is 0.265 e. The van der Waals surface area contributed by atoms with Crippen LogP contribution in [0.5, 0.6) is 11.5 Å². The van der Waals surface area contributed by atoms with Crippen molar-refractivity contribution in [1.82, 2.24) is 9.80 Å². The van der Waals surface area contributed by atoms with Crippen LogP contribution in [0.4, 0.5) is 0 Å². The van der Waals surface area contributed by atoms with Crippen LogP contribution in [0.15, 0.2) is 36.4 Å². The summed E-state index contributed by atoms with van der Waals surface area (Å²) in [5, 5.41) is 0. The molecule has 0 radical (unpaired) electrons. The van der Waals surface area contributed by atoms with Crippen molar-refractivity contribution in [3.8, 4) is 11.5 Å². The standard InChI is InChI=1S/C28H28N2O5/c31-25-19-13-7-15-21(23(19)27(33)29(25)17-9-3-1-4-10-17)35-22-16-8-14-20-24(22)28(34)30(26(20)32)18-11-5-2-6-12-18/h7-8,13-18H,1-6,9-12H2. The van der Waals surface area contributed by atoms with E-state index < -0.39 is 0 Å². The third kappa shape index (κ3) is 3.48. The highest BCUT2D eigenvalue weighted by Crippen LogP contribution is 2.40. The van der Waals surface area contributed by atoms with Gasteiger partial charge in [0.2, 0.25) is 0 Å². The van der Waals surface area contributed by atoms with Crippen LogP contribution in [0.1, 0.15) is 106 Å².